The number of aromatic nitrogens is 4. The summed E-state index contributed by atoms with van der Waals surface area (Å²) >= 11 is 0. The molecule has 5 heteroatoms. The van der Waals surface area contributed by atoms with Gasteiger partial charge in [0.25, 0.3) is 0 Å². The van der Waals surface area contributed by atoms with Gasteiger partial charge in [-0.1, -0.05) is 19.1 Å². The van der Waals surface area contributed by atoms with Gasteiger partial charge < -0.3 is 4.74 Å². The molecule has 0 saturated heterocycles. The molecule has 0 aromatic carbocycles. The summed E-state index contributed by atoms with van der Waals surface area (Å²) in [5.41, 5.74) is 1.14. The van der Waals surface area contributed by atoms with Gasteiger partial charge in [-0.25, -0.2) is 4.98 Å². The van der Waals surface area contributed by atoms with Gasteiger partial charge in [-0.3, -0.25) is 0 Å². The van der Waals surface area contributed by atoms with Crippen LogP contribution in [0, 0.1) is 0 Å². The molecular formula is C11H14N4O. The van der Waals surface area contributed by atoms with E-state index in [1.165, 1.54) is 0 Å². The maximum absolute atomic E-state index is 5.31. The van der Waals surface area contributed by atoms with Gasteiger partial charge in [0.15, 0.2) is 11.6 Å². The minimum atomic E-state index is 0.422. The van der Waals surface area contributed by atoms with E-state index in [2.05, 4.69) is 29.1 Å². The van der Waals surface area contributed by atoms with E-state index >= 15 is 0 Å². The van der Waals surface area contributed by atoms with Crippen molar-refractivity contribution in [3.63, 3.8) is 0 Å². The Labute approximate surface area is 94.1 Å². The van der Waals surface area contributed by atoms with Gasteiger partial charge in [0.1, 0.15) is 0 Å². The molecule has 0 radical (unpaired) electrons. The quantitative estimate of drug-likeness (QED) is 0.788. The molecule has 2 rings (SSSR count). The molecule has 16 heavy (non-hydrogen) atoms. The van der Waals surface area contributed by atoms with Gasteiger partial charge >= 0.3 is 0 Å². The van der Waals surface area contributed by atoms with Crippen LogP contribution in [0.15, 0.2) is 24.7 Å². The minimum Gasteiger partial charge on any atom is -0.493 e. The molecule has 0 saturated carbocycles. The maximum atomic E-state index is 5.31. The van der Waals surface area contributed by atoms with E-state index in [1.807, 2.05) is 12.3 Å². The highest BCUT2D eigenvalue weighted by Gasteiger charge is 2.10. The normalized spacial score (nSPS) is 10.8. The molecular weight excluding hydrogens is 204 g/mol. The largest absolute Gasteiger partial charge is 0.493 e. The van der Waals surface area contributed by atoms with Crippen molar-refractivity contribution in [3.8, 4) is 11.6 Å². The van der Waals surface area contributed by atoms with Crippen LogP contribution in [0.25, 0.3) is 5.82 Å². The van der Waals surface area contributed by atoms with Gasteiger partial charge in [-0.15, -0.1) is 5.10 Å². The maximum Gasteiger partial charge on any atom is 0.197 e. The Kier molecular flexibility index (Phi) is 2.85. The predicted octanol–water partition coefficient (Wildman–Crippen LogP) is 1.79. The summed E-state index contributed by atoms with van der Waals surface area (Å²) in [6.45, 7) is 4.23. The van der Waals surface area contributed by atoms with E-state index < -0.39 is 0 Å². The Morgan fingerprint density at radius 1 is 1.38 bits per heavy atom. The average molecular weight is 218 g/mol. The lowest BCUT2D eigenvalue weighted by Crippen LogP contribution is -2.03. The van der Waals surface area contributed by atoms with E-state index in [0.717, 1.165) is 5.56 Å². The zero-order chi connectivity index (χ0) is 11.5. The van der Waals surface area contributed by atoms with E-state index in [-0.39, 0.29) is 0 Å². The molecule has 0 N–H and O–H groups in total. The predicted molar refractivity (Wildman–Crippen MR) is 59.8 cm³/mol. The fourth-order valence-corrected chi connectivity index (χ4v) is 1.41. The third-order valence-electron chi connectivity index (χ3n) is 2.38. The van der Waals surface area contributed by atoms with E-state index in [4.69, 9.17) is 4.74 Å². The Balaban J connectivity index is 2.47. The first-order valence-electron chi connectivity index (χ1n) is 5.13. The second-order valence-corrected chi connectivity index (χ2v) is 3.80. The van der Waals surface area contributed by atoms with Crippen LogP contribution in [0.3, 0.4) is 0 Å². The molecule has 0 aliphatic rings. The van der Waals surface area contributed by atoms with Crippen molar-refractivity contribution in [2.75, 3.05) is 7.11 Å². The zero-order valence-electron chi connectivity index (χ0n) is 9.58. The highest BCUT2D eigenvalue weighted by atomic mass is 16.5. The van der Waals surface area contributed by atoms with Crippen molar-refractivity contribution in [1.82, 2.24) is 20.0 Å². The van der Waals surface area contributed by atoms with Gasteiger partial charge in [0.05, 0.1) is 19.5 Å². The summed E-state index contributed by atoms with van der Waals surface area (Å²) in [7, 11) is 1.63. The molecule has 0 amide bonds. The SMILES string of the molecule is COc1cc(C(C)C)cnc1-n1ccnn1. The molecule has 5 nitrogen and oxygen atoms in total. The lowest BCUT2D eigenvalue weighted by molar-refractivity contribution is 0.408. The van der Waals surface area contributed by atoms with Crippen LogP contribution in [0.2, 0.25) is 0 Å². The van der Waals surface area contributed by atoms with Crippen molar-refractivity contribution in [3.05, 3.63) is 30.2 Å². The molecule has 2 aromatic rings. The fraction of sp³-hybridized carbons (Fsp3) is 0.364. The van der Waals surface area contributed by atoms with Crippen LogP contribution < -0.4 is 4.74 Å². The Bertz CT molecular complexity index is 465. The molecule has 0 aliphatic carbocycles. The Morgan fingerprint density at radius 3 is 2.75 bits per heavy atom. The summed E-state index contributed by atoms with van der Waals surface area (Å²) in [6, 6.07) is 1.98. The van der Waals surface area contributed by atoms with Crippen LogP contribution in [0.1, 0.15) is 25.3 Å². The molecule has 0 fully saturated rings. The lowest BCUT2D eigenvalue weighted by Gasteiger charge is -2.10. The summed E-state index contributed by atoms with van der Waals surface area (Å²) in [5, 5.41) is 7.64. The number of hydrogen-bond donors (Lipinski definition) is 0. The first kappa shape index (κ1) is 10.6. The van der Waals surface area contributed by atoms with Crippen LogP contribution in [-0.4, -0.2) is 27.1 Å². The molecule has 0 atom stereocenters. The Hall–Kier alpha value is -1.91. The highest BCUT2D eigenvalue weighted by Crippen LogP contribution is 2.24. The van der Waals surface area contributed by atoms with Gasteiger partial charge in [0.2, 0.25) is 0 Å². The van der Waals surface area contributed by atoms with Crippen molar-refractivity contribution >= 4 is 0 Å². The molecule has 0 aliphatic heterocycles. The standard InChI is InChI=1S/C11H14N4O/c1-8(2)9-6-10(16-3)11(12-7-9)15-5-4-13-14-15/h4-8H,1-3H3. The second kappa shape index (κ2) is 4.30. The molecule has 0 bridgehead atoms. The van der Waals surface area contributed by atoms with Crippen LogP contribution in [0.5, 0.6) is 5.75 Å². The van der Waals surface area contributed by atoms with Crippen molar-refractivity contribution in [2.45, 2.75) is 19.8 Å². The zero-order valence-corrected chi connectivity index (χ0v) is 9.58. The fourth-order valence-electron chi connectivity index (χ4n) is 1.41. The number of pyridine rings is 1. The number of rotatable bonds is 3. The molecule has 2 heterocycles. The van der Waals surface area contributed by atoms with Crippen molar-refractivity contribution in [2.24, 2.45) is 0 Å². The third-order valence-corrected chi connectivity index (χ3v) is 2.38. The number of nitrogens with zero attached hydrogens (tertiary/aromatic N) is 4. The highest BCUT2D eigenvalue weighted by molar-refractivity contribution is 5.42. The smallest absolute Gasteiger partial charge is 0.197 e. The molecule has 84 valence electrons. The second-order valence-electron chi connectivity index (χ2n) is 3.80. The summed E-state index contributed by atoms with van der Waals surface area (Å²) < 4.78 is 6.90. The van der Waals surface area contributed by atoms with Crippen LogP contribution in [-0.2, 0) is 0 Å². The van der Waals surface area contributed by atoms with Crippen molar-refractivity contribution in [1.29, 1.82) is 0 Å². The molecule has 0 spiro atoms. The Morgan fingerprint density at radius 2 is 2.19 bits per heavy atom. The number of hydrogen-bond acceptors (Lipinski definition) is 4. The average Bonchev–Trinajstić information content (AvgIpc) is 2.81. The minimum absolute atomic E-state index is 0.422. The molecule has 2 aromatic heterocycles. The number of methoxy groups -OCH3 is 1. The van der Waals surface area contributed by atoms with Gasteiger partial charge in [-0.05, 0) is 17.5 Å². The summed E-state index contributed by atoms with van der Waals surface area (Å²) in [5.74, 6) is 1.78. The lowest BCUT2D eigenvalue weighted by atomic mass is 10.1. The van der Waals surface area contributed by atoms with E-state index in [0.29, 0.717) is 17.5 Å². The molecule has 0 unspecified atom stereocenters. The third kappa shape index (κ3) is 1.88. The van der Waals surface area contributed by atoms with Crippen molar-refractivity contribution < 1.29 is 4.74 Å². The first-order valence-corrected chi connectivity index (χ1v) is 5.13. The van der Waals surface area contributed by atoms with Gasteiger partial charge in [0, 0.05) is 6.20 Å². The first-order chi connectivity index (χ1) is 7.72. The van der Waals surface area contributed by atoms with E-state index in [1.54, 1.807) is 24.2 Å². The van der Waals surface area contributed by atoms with Crippen LogP contribution >= 0.6 is 0 Å². The van der Waals surface area contributed by atoms with Crippen LogP contribution in [0.4, 0.5) is 0 Å². The van der Waals surface area contributed by atoms with Gasteiger partial charge in [-0.2, -0.15) is 4.68 Å². The summed E-state index contributed by atoms with van der Waals surface area (Å²) in [6.07, 6.45) is 5.18. The summed E-state index contributed by atoms with van der Waals surface area (Å²) in [4.78, 5) is 4.35. The number of ether oxygens (including phenoxy) is 1. The van der Waals surface area contributed by atoms with E-state index in [9.17, 15) is 0 Å². The topological polar surface area (TPSA) is 52.8 Å². The monoisotopic (exact) mass is 218 g/mol.